The van der Waals surface area contributed by atoms with Crippen LogP contribution in [0.1, 0.15) is 21.6 Å². The number of primary amides is 1. The maximum absolute atomic E-state index is 11.2. The highest BCUT2D eigenvalue weighted by molar-refractivity contribution is 5.98. The summed E-state index contributed by atoms with van der Waals surface area (Å²) in [6.07, 6.45) is 0. The van der Waals surface area contributed by atoms with Crippen LogP contribution in [0.15, 0.2) is 24.3 Å². The van der Waals surface area contributed by atoms with Gasteiger partial charge in [0.15, 0.2) is 0 Å². The summed E-state index contributed by atoms with van der Waals surface area (Å²) in [7, 11) is 0. The number of aromatic nitrogens is 1. The van der Waals surface area contributed by atoms with Gasteiger partial charge in [-0.05, 0) is 31.5 Å². The number of benzene rings is 1. The van der Waals surface area contributed by atoms with Crippen LogP contribution in [0.2, 0.25) is 0 Å². The van der Waals surface area contributed by atoms with Gasteiger partial charge in [-0.3, -0.25) is 9.78 Å². The van der Waals surface area contributed by atoms with Crippen LogP contribution in [0.25, 0.3) is 10.9 Å². The molecule has 0 atom stereocenters. The maximum Gasteiger partial charge on any atom is 0.250 e. The average molecular weight is 200 g/mol. The van der Waals surface area contributed by atoms with Crippen LogP contribution in [0.3, 0.4) is 0 Å². The topological polar surface area (TPSA) is 56.0 Å². The van der Waals surface area contributed by atoms with Crippen molar-refractivity contribution in [3.8, 4) is 0 Å². The van der Waals surface area contributed by atoms with Gasteiger partial charge < -0.3 is 5.73 Å². The lowest BCUT2D eigenvalue weighted by Crippen LogP contribution is -2.13. The molecule has 0 fully saturated rings. The predicted molar refractivity (Wildman–Crippen MR) is 59.7 cm³/mol. The fourth-order valence-corrected chi connectivity index (χ4v) is 1.69. The molecule has 0 saturated heterocycles. The molecule has 0 radical (unpaired) electrons. The van der Waals surface area contributed by atoms with E-state index in [1.165, 1.54) is 0 Å². The second kappa shape index (κ2) is 3.35. The summed E-state index contributed by atoms with van der Waals surface area (Å²) in [5.74, 6) is -0.426. The Hall–Kier alpha value is -1.90. The number of rotatable bonds is 1. The van der Waals surface area contributed by atoms with Crippen molar-refractivity contribution in [2.45, 2.75) is 13.8 Å². The van der Waals surface area contributed by atoms with Crippen molar-refractivity contribution in [3.63, 3.8) is 0 Å². The van der Waals surface area contributed by atoms with Crippen LogP contribution in [-0.2, 0) is 0 Å². The van der Waals surface area contributed by atoms with Gasteiger partial charge in [-0.25, -0.2) is 0 Å². The summed E-state index contributed by atoms with van der Waals surface area (Å²) in [5, 5.41) is 0.983. The second-order valence-corrected chi connectivity index (χ2v) is 3.63. The molecule has 1 aromatic carbocycles. The molecule has 0 aliphatic carbocycles. The number of hydrogen-bond donors (Lipinski definition) is 1. The van der Waals surface area contributed by atoms with Crippen LogP contribution in [0.4, 0.5) is 0 Å². The molecule has 2 rings (SSSR count). The summed E-state index contributed by atoms with van der Waals surface area (Å²) < 4.78 is 0. The van der Waals surface area contributed by atoms with Crippen molar-refractivity contribution in [1.82, 2.24) is 4.98 Å². The van der Waals surface area contributed by atoms with Crippen LogP contribution < -0.4 is 5.73 Å². The zero-order chi connectivity index (χ0) is 11.0. The zero-order valence-electron chi connectivity index (χ0n) is 8.74. The molecule has 1 aromatic heterocycles. The van der Waals surface area contributed by atoms with E-state index >= 15 is 0 Å². The number of nitrogens with zero attached hydrogens (tertiary/aromatic N) is 1. The molecule has 0 bridgehead atoms. The summed E-state index contributed by atoms with van der Waals surface area (Å²) in [6, 6.07) is 7.69. The lowest BCUT2D eigenvalue weighted by Gasteiger charge is -2.05. The van der Waals surface area contributed by atoms with Crippen molar-refractivity contribution in [3.05, 3.63) is 41.1 Å². The van der Waals surface area contributed by atoms with E-state index in [0.29, 0.717) is 11.3 Å². The molecule has 1 heterocycles. The Kier molecular flexibility index (Phi) is 2.15. The van der Waals surface area contributed by atoms with Gasteiger partial charge in [0.05, 0.1) is 16.8 Å². The van der Waals surface area contributed by atoms with E-state index in [0.717, 1.165) is 16.5 Å². The third-order valence-electron chi connectivity index (χ3n) is 2.53. The highest BCUT2D eigenvalue weighted by Gasteiger charge is 2.08. The Morgan fingerprint density at radius 3 is 2.73 bits per heavy atom. The largest absolute Gasteiger partial charge is 0.366 e. The van der Waals surface area contributed by atoms with Gasteiger partial charge >= 0.3 is 0 Å². The molecular formula is C12H12N2O. The number of fused-ring (bicyclic) bond motifs is 1. The second-order valence-electron chi connectivity index (χ2n) is 3.63. The predicted octanol–water partition coefficient (Wildman–Crippen LogP) is 1.95. The molecule has 15 heavy (non-hydrogen) atoms. The van der Waals surface area contributed by atoms with E-state index in [-0.39, 0.29) is 0 Å². The monoisotopic (exact) mass is 200 g/mol. The average Bonchev–Trinajstić information content (AvgIpc) is 2.16. The molecule has 0 unspecified atom stereocenters. The van der Waals surface area contributed by atoms with Gasteiger partial charge in [-0.2, -0.15) is 0 Å². The van der Waals surface area contributed by atoms with Crippen LogP contribution in [-0.4, -0.2) is 10.9 Å². The van der Waals surface area contributed by atoms with E-state index in [9.17, 15) is 4.79 Å². The number of hydrogen-bond acceptors (Lipinski definition) is 2. The van der Waals surface area contributed by atoms with Crippen molar-refractivity contribution in [2.75, 3.05) is 0 Å². The van der Waals surface area contributed by atoms with Crippen LogP contribution in [0, 0.1) is 13.8 Å². The molecule has 76 valence electrons. The highest BCUT2D eigenvalue weighted by atomic mass is 16.1. The van der Waals surface area contributed by atoms with Crippen molar-refractivity contribution in [2.24, 2.45) is 5.73 Å². The first-order chi connectivity index (χ1) is 7.09. The first-order valence-corrected chi connectivity index (χ1v) is 4.76. The molecule has 1 amide bonds. The lowest BCUT2D eigenvalue weighted by molar-refractivity contribution is 0.0999. The number of amides is 1. The molecule has 3 heteroatoms. The summed E-state index contributed by atoms with van der Waals surface area (Å²) in [6.45, 7) is 3.78. The van der Waals surface area contributed by atoms with E-state index in [1.807, 2.05) is 31.2 Å². The molecule has 2 N–H and O–H groups in total. The maximum atomic E-state index is 11.2. The number of nitrogens with two attached hydrogens (primary N) is 1. The number of carbonyl (C=O) groups excluding carboxylic acids is 1. The molecular weight excluding hydrogens is 188 g/mol. The van der Waals surface area contributed by atoms with Crippen LogP contribution in [0.5, 0.6) is 0 Å². The Bertz CT molecular complexity index is 547. The van der Waals surface area contributed by atoms with Crippen molar-refractivity contribution < 1.29 is 4.79 Å². The quantitative estimate of drug-likeness (QED) is 0.764. The van der Waals surface area contributed by atoms with Gasteiger partial charge in [-0.15, -0.1) is 0 Å². The zero-order valence-corrected chi connectivity index (χ0v) is 8.74. The van der Waals surface area contributed by atoms with Gasteiger partial charge in [0, 0.05) is 5.39 Å². The van der Waals surface area contributed by atoms with E-state index < -0.39 is 5.91 Å². The van der Waals surface area contributed by atoms with Crippen LogP contribution >= 0.6 is 0 Å². The van der Waals surface area contributed by atoms with Gasteiger partial charge in [0.1, 0.15) is 0 Å². The van der Waals surface area contributed by atoms with Crippen molar-refractivity contribution >= 4 is 16.8 Å². The normalized spacial score (nSPS) is 10.5. The molecule has 0 aliphatic heterocycles. The van der Waals surface area contributed by atoms with E-state index in [1.54, 1.807) is 6.92 Å². The Morgan fingerprint density at radius 2 is 2.07 bits per heavy atom. The molecule has 0 saturated carbocycles. The minimum atomic E-state index is -0.426. The molecule has 3 nitrogen and oxygen atoms in total. The lowest BCUT2D eigenvalue weighted by atomic mass is 10.1. The van der Waals surface area contributed by atoms with E-state index in [4.69, 9.17) is 5.73 Å². The van der Waals surface area contributed by atoms with Gasteiger partial charge in [0.25, 0.3) is 5.91 Å². The van der Waals surface area contributed by atoms with Crippen molar-refractivity contribution in [1.29, 1.82) is 0 Å². The number of carbonyl (C=O) groups is 1. The number of pyridine rings is 1. The fraction of sp³-hybridized carbons (Fsp3) is 0.167. The van der Waals surface area contributed by atoms with E-state index in [2.05, 4.69) is 4.98 Å². The summed E-state index contributed by atoms with van der Waals surface area (Å²) >= 11 is 0. The molecule has 0 spiro atoms. The minimum absolute atomic E-state index is 0.426. The fourth-order valence-electron chi connectivity index (χ4n) is 1.69. The number of aryl methyl sites for hydroxylation is 2. The summed E-state index contributed by atoms with van der Waals surface area (Å²) in [5.41, 5.74) is 8.45. The summed E-state index contributed by atoms with van der Waals surface area (Å²) in [4.78, 5) is 15.5. The SMILES string of the molecule is Cc1nc2cccc(C)c2cc1C(N)=O. The smallest absolute Gasteiger partial charge is 0.250 e. The third-order valence-corrected chi connectivity index (χ3v) is 2.53. The Morgan fingerprint density at radius 1 is 1.33 bits per heavy atom. The third kappa shape index (κ3) is 1.56. The Balaban J connectivity index is 2.83. The van der Waals surface area contributed by atoms with Gasteiger partial charge in [0.2, 0.25) is 0 Å². The molecule has 2 aromatic rings. The first-order valence-electron chi connectivity index (χ1n) is 4.76. The highest BCUT2D eigenvalue weighted by Crippen LogP contribution is 2.19. The Labute approximate surface area is 87.9 Å². The molecule has 0 aliphatic rings. The first kappa shape index (κ1) is 9.65. The standard InChI is InChI=1S/C12H12N2O/c1-7-4-3-5-11-9(7)6-10(12(13)15)8(2)14-11/h3-6H,1-2H3,(H2,13,15). The minimum Gasteiger partial charge on any atom is -0.366 e. The van der Waals surface area contributed by atoms with Gasteiger partial charge in [-0.1, -0.05) is 12.1 Å².